The van der Waals surface area contributed by atoms with Crippen LogP contribution in [-0.2, 0) is 11.2 Å². The van der Waals surface area contributed by atoms with E-state index in [0.29, 0.717) is 56.5 Å². The summed E-state index contributed by atoms with van der Waals surface area (Å²) in [6.07, 6.45) is 1.51. The average molecular weight is 371 g/mol. The van der Waals surface area contributed by atoms with E-state index in [0.717, 1.165) is 12.0 Å². The molecule has 7 nitrogen and oxygen atoms in total. The minimum Gasteiger partial charge on any atom is -0.370 e. The Bertz CT molecular complexity index is 804. The van der Waals surface area contributed by atoms with Crippen LogP contribution in [0.5, 0.6) is 0 Å². The quantitative estimate of drug-likeness (QED) is 0.779. The highest BCUT2D eigenvalue weighted by Gasteiger charge is 2.23. The molecule has 8 heteroatoms. The monoisotopic (exact) mass is 371 g/mol. The predicted octanol–water partition coefficient (Wildman–Crippen LogP) is 1.49. The molecule has 1 aliphatic heterocycles. The summed E-state index contributed by atoms with van der Waals surface area (Å²) in [6.45, 7) is 4.39. The SMILES string of the molecule is Cc1nc(NCCc2ccc(F)cc2)cc(C(=O)N2CCN(C=O)CC2)n1. The van der Waals surface area contributed by atoms with Gasteiger partial charge >= 0.3 is 0 Å². The molecule has 0 spiro atoms. The van der Waals surface area contributed by atoms with Gasteiger partial charge in [-0.1, -0.05) is 12.1 Å². The normalized spacial score (nSPS) is 14.1. The van der Waals surface area contributed by atoms with Gasteiger partial charge in [-0.2, -0.15) is 0 Å². The Kier molecular flexibility index (Phi) is 5.95. The first kappa shape index (κ1) is 18.8. The number of hydrogen-bond donors (Lipinski definition) is 1. The Labute approximate surface area is 157 Å². The number of anilines is 1. The van der Waals surface area contributed by atoms with E-state index in [9.17, 15) is 14.0 Å². The van der Waals surface area contributed by atoms with Crippen molar-refractivity contribution in [2.24, 2.45) is 0 Å². The Morgan fingerprint density at radius 1 is 1.19 bits per heavy atom. The van der Waals surface area contributed by atoms with Gasteiger partial charge in [0.15, 0.2) is 0 Å². The lowest BCUT2D eigenvalue weighted by molar-refractivity contribution is -0.119. The number of rotatable bonds is 6. The molecule has 1 saturated heterocycles. The van der Waals surface area contributed by atoms with Crippen molar-refractivity contribution >= 4 is 18.1 Å². The lowest BCUT2D eigenvalue weighted by Crippen LogP contribution is -2.48. The van der Waals surface area contributed by atoms with Gasteiger partial charge in [-0.25, -0.2) is 14.4 Å². The Balaban J connectivity index is 1.60. The van der Waals surface area contributed by atoms with Crippen LogP contribution in [0.3, 0.4) is 0 Å². The van der Waals surface area contributed by atoms with Gasteiger partial charge in [-0.15, -0.1) is 0 Å². The third-order valence-electron chi connectivity index (χ3n) is 4.44. The number of amides is 2. The van der Waals surface area contributed by atoms with Crippen molar-refractivity contribution in [3.05, 3.63) is 53.2 Å². The molecule has 0 saturated carbocycles. The molecule has 0 aliphatic carbocycles. The average Bonchev–Trinajstić information content (AvgIpc) is 2.68. The lowest BCUT2D eigenvalue weighted by Gasteiger charge is -2.32. The third kappa shape index (κ3) is 4.99. The number of aryl methyl sites for hydroxylation is 1. The van der Waals surface area contributed by atoms with E-state index in [2.05, 4.69) is 15.3 Å². The van der Waals surface area contributed by atoms with E-state index in [1.54, 1.807) is 34.9 Å². The summed E-state index contributed by atoms with van der Waals surface area (Å²) in [4.78, 5) is 35.4. The second kappa shape index (κ2) is 8.57. The fourth-order valence-electron chi connectivity index (χ4n) is 2.95. The zero-order chi connectivity index (χ0) is 19.2. The molecule has 1 aliphatic rings. The highest BCUT2D eigenvalue weighted by atomic mass is 19.1. The summed E-state index contributed by atoms with van der Waals surface area (Å²) >= 11 is 0. The van der Waals surface area contributed by atoms with Crippen molar-refractivity contribution in [1.82, 2.24) is 19.8 Å². The van der Waals surface area contributed by atoms with Gasteiger partial charge in [0.25, 0.3) is 5.91 Å². The number of benzene rings is 1. The number of piperazine rings is 1. The topological polar surface area (TPSA) is 78.4 Å². The smallest absolute Gasteiger partial charge is 0.272 e. The molecule has 0 atom stereocenters. The maximum atomic E-state index is 12.9. The molecule has 2 amide bonds. The second-order valence-electron chi connectivity index (χ2n) is 6.42. The van der Waals surface area contributed by atoms with Crippen molar-refractivity contribution in [1.29, 1.82) is 0 Å². The van der Waals surface area contributed by atoms with Gasteiger partial charge in [0.2, 0.25) is 6.41 Å². The minimum atomic E-state index is -0.254. The van der Waals surface area contributed by atoms with E-state index in [1.807, 2.05) is 0 Å². The molecule has 1 fully saturated rings. The minimum absolute atomic E-state index is 0.160. The summed E-state index contributed by atoms with van der Waals surface area (Å²) in [7, 11) is 0. The zero-order valence-electron chi connectivity index (χ0n) is 15.2. The number of nitrogens with zero attached hydrogens (tertiary/aromatic N) is 4. The molecule has 1 aromatic heterocycles. The summed E-state index contributed by atoms with van der Waals surface area (Å²) < 4.78 is 12.9. The number of carbonyl (C=O) groups excluding carboxylic acids is 2. The summed E-state index contributed by atoms with van der Waals surface area (Å²) in [5.41, 5.74) is 1.35. The van der Waals surface area contributed by atoms with Crippen molar-refractivity contribution in [3.63, 3.8) is 0 Å². The molecule has 1 aromatic carbocycles. The molecular formula is C19H22FN5O2. The summed E-state index contributed by atoms with van der Waals surface area (Å²) in [5.74, 6) is 0.680. The van der Waals surface area contributed by atoms with Crippen molar-refractivity contribution < 1.29 is 14.0 Å². The first-order chi connectivity index (χ1) is 13.0. The molecule has 2 aromatic rings. The van der Waals surface area contributed by atoms with Crippen LogP contribution in [0.15, 0.2) is 30.3 Å². The van der Waals surface area contributed by atoms with E-state index in [-0.39, 0.29) is 11.7 Å². The Hall–Kier alpha value is -3.03. The molecule has 27 heavy (non-hydrogen) atoms. The van der Waals surface area contributed by atoms with Crippen LogP contribution in [0.1, 0.15) is 21.9 Å². The lowest BCUT2D eigenvalue weighted by atomic mass is 10.1. The predicted molar refractivity (Wildman–Crippen MR) is 98.9 cm³/mol. The third-order valence-corrected chi connectivity index (χ3v) is 4.44. The van der Waals surface area contributed by atoms with E-state index in [1.165, 1.54) is 12.1 Å². The van der Waals surface area contributed by atoms with Crippen molar-refractivity contribution in [2.45, 2.75) is 13.3 Å². The fraction of sp³-hybridized carbons (Fsp3) is 0.368. The van der Waals surface area contributed by atoms with Gasteiger partial charge < -0.3 is 15.1 Å². The molecule has 2 heterocycles. The van der Waals surface area contributed by atoms with Gasteiger partial charge in [-0.3, -0.25) is 9.59 Å². The summed E-state index contributed by atoms with van der Waals surface area (Å²) in [5, 5.41) is 3.19. The van der Waals surface area contributed by atoms with Crippen molar-refractivity contribution in [3.8, 4) is 0 Å². The van der Waals surface area contributed by atoms with Gasteiger partial charge in [0.05, 0.1) is 0 Å². The van der Waals surface area contributed by atoms with Crippen LogP contribution < -0.4 is 5.32 Å². The van der Waals surface area contributed by atoms with Gasteiger partial charge in [0, 0.05) is 38.8 Å². The first-order valence-corrected chi connectivity index (χ1v) is 8.88. The molecule has 1 N–H and O–H groups in total. The Morgan fingerprint density at radius 2 is 1.89 bits per heavy atom. The summed E-state index contributed by atoms with van der Waals surface area (Å²) in [6, 6.07) is 8.01. The molecule has 0 unspecified atom stereocenters. The van der Waals surface area contributed by atoms with Crippen LogP contribution in [0.2, 0.25) is 0 Å². The zero-order valence-corrected chi connectivity index (χ0v) is 15.2. The first-order valence-electron chi connectivity index (χ1n) is 8.88. The van der Waals surface area contributed by atoms with E-state index >= 15 is 0 Å². The van der Waals surface area contributed by atoms with Gasteiger partial charge in [-0.05, 0) is 31.0 Å². The highest BCUT2D eigenvalue weighted by Crippen LogP contribution is 2.12. The molecule has 142 valence electrons. The number of nitrogens with one attached hydrogen (secondary N) is 1. The van der Waals surface area contributed by atoms with Crippen LogP contribution in [0.25, 0.3) is 0 Å². The number of halogens is 1. The molecule has 0 radical (unpaired) electrons. The van der Waals surface area contributed by atoms with E-state index < -0.39 is 0 Å². The maximum absolute atomic E-state index is 12.9. The number of carbonyl (C=O) groups is 2. The van der Waals surface area contributed by atoms with E-state index in [4.69, 9.17) is 0 Å². The standard InChI is InChI=1S/C19H22FN5O2/c1-14-22-17(19(27)25-10-8-24(13-26)9-11-25)12-18(23-14)21-7-6-15-2-4-16(20)5-3-15/h2-5,12-13H,6-11H2,1H3,(H,21,22,23). The Morgan fingerprint density at radius 3 is 2.56 bits per heavy atom. The molecular weight excluding hydrogens is 349 g/mol. The number of hydrogen-bond acceptors (Lipinski definition) is 5. The van der Waals surface area contributed by atoms with Crippen LogP contribution in [0, 0.1) is 12.7 Å². The molecule has 3 rings (SSSR count). The van der Waals surface area contributed by atoms with Crippen LogP contribution >= 0.6 is 0 Å². The maximum Gasteiger partial charge on any atom is 0.272 e. The molecule has 0 bridgehead atoms. The highest BCUT2D eigenvalue weighted by molar-refractivity contribution is 5.93. The number of aromatic nitrogens is 2. The largest absolute Gasteiger partial charge is 0.370 e. The van der Waals surface area contributed by atoms with Crippen LogP contribution in [-0.4, -0.2) is 64.8 Å². The van der Waals surface area contributed by atoms with Crippen molar-refractivity contribution in [2.75, 3.05) is 38.0 Å². The fourth-order valence-corrected chi connectivity index (χ4v) is 2.95. The van der Waals surface area contributed by atoms with Gasteiger partial charge in [0.1, 0.15) is 23.2 Å². The van der Waals surface area contributed by atoms with Crippen LogP contribution in [0.4, 0.5) is 10.2 Å². The second-order valence-corrected chi connectivity index (χ2v) is 6.42.